The van der Waals surface area contributed by atoms with Gasteiger partial charge in [0.25, 0.3) is 0 Å². The van der Waals surface area contributed by atoms with Crippen LogP contribution in [0.4, 0.5) is 10.5 Å². The standard InChI is InChI=1S/C11H15IN2O/c1-3-14(4-2)11(15)13-10-7-5-9(12)6-8-10/h5-8H,3-4H2,1-2H3,(H,13,15). The van der Waals surface area contributed by atoms with Gasteiger partial charge in [0.05, 0.1) is 0 Å². The molecule has 1 aromatic rings. The van der Waals surface area contributed by atoms with E-state index in [2.05, 4.69) is 27.9 Å². The van der Waals surface area contributed by atoms with Crippen molar-refractivity contribution in [2.24, 2.45) is 0 Å². The fraction of sp³-hybridized carbons (Fsp3) is 0.364. The predicted molar refractivity (Wildman–Crippen MR) is 71.1 cm³/mol. The Morgan fingerprint density at radius 1 is 1.27 bits per heavy atom. The lowest BCUT2D eigenvalue weighted by Crippen LogP contribution is -2.34. The van der Waals surface area contributed by atoms with Gasteiger partial charge in [0.2, 0.25) is 0 Å². The molecular weight excluding hydrogens is 303 g/mol. The van der Waals surface area contributed by atoms with Gasteiger partial charge in [-0.1, -0.05) is 0 Å². The Bertz CT molecular complexity index is 320. The van der Waals surface area contributed by atoms with Gasteiger partial charge in [0, 0.05) is 22.3 Å². The average Bonchev–Trinajstić information content (AvgIpc) is 2.23. The lowest BCUT2D eigenvalue weighted by atomic mass is 10.3. The number of anilines is 1. The zero-order valence-electron chi connectivity index (χ0n) is 8.96. The molecule has 15 heavy (non-hydrogen) atoms. The predicted octanol–water partition coefficient (Wildman–Crippen LogP) is 3.16. The van der Waals surface area contributed by atoms with E-state index in [0.717, 1.165) is 22.3 Å². The molecule has 3 nitrogen and oxygen atoms in total. The SMILES string of the molecule is CCN(CC)C(=O)Nc1ccc(I)cc1. The number of nitrogens with one attached hydrogen (secondary N) is 1. The van der Waals surface area contributed by atoms with Crippen LogP contribution in [0.2, 0.25) is 0 Å². The van der Waals surface area contributed by atoms with E-state index in [1.807, 2.05) is 38.1 Å². The summed E-state index contributed by atoms with van der Waals surface area (Å²) >= 11 is 2.24. The Labute approximate surface area is 104 Å². The zero-order chi connectivity index (χ0) is 11.3. The minimum absolute atomic E-state index is 0.0405. The van der Waals surface area contributed by atoms with Crippen LogP contribution in [0.25, 0.3) is 0 Å². The molecule has 0 bridgehead atoms. The lowest BCUT2D eigenvalue weighted by molar-refractivity contribution is 0.217. The summed E-state index contributed by atoms with van der Waals surface area (Å²) in [6.07, 6.45) is 0. The Balaban J connectivity index is 2.61. The number of carbonyl (C=O) groups is 1. The third kappa shape index (κ3) is 3.70. The molecule has 0 saturated heterocycles. The fourth-order valence-electron chi connectivity index (χ4n) is 1.25. The molecule has 4 heteroatoms. The molecule has 1 rings (SSSR count). The summed E-state index contributed by atoms with van der Waals surface area (Å²) < 4.78 is 1.16. The fourth-order valence-corrected chi connectivity index (χ4v) is 1.61. The highest BCUT2D eigenvalue weighted by Crippen LogP contribution is 2.11. The van der Waals surface area contributed by atoms with Gasteiger partial charge in [-0.25, -0.2) is 4.79 Å². The van der Waals surface area contributed by atoms with Crippen LogP contribution in [-0.2, 0) is 0 Å². The number of urea groups is 1. The van der Waals surface area contributed by atoms with E-state index in [1.54, 1.807) is 4.90 Å². The van der Waals surface area contributed by atoms with Crippen molar-refractivity contribution in [1.29, 1.82) is 0 Å². The molecule has 0 aliphatic rings. The van der Waals surface area contributed by atoms with E-state index in [9.17, 15) is 4.79 Å². The smallest absolute Gasteiger partial charge is 0.321 e. The summed E-state index contributed by atoms with van der Waals surface area (Å²) in [5, 5.41) is 2.85. The number of carbonyl (C=O) groups excluding carboxylic acids is 1. The van der Waals surface area contributed by atoms with Crippen molar-refractivity contribution in [3.63, 3.8) is 0 Å². The highest BCUT2D eigenvalue weighted by Gasteiger charge is 2.08. The third-order valence-electron chi connectivity index (χ3n) is 2.15. The first kappa shape index (κ1) is 12.3. The van der Waals surface area contributed by atoms with Gasteiger partial charge in [-0.05, 0) is 60.7 Å². The van der Waals surface area contributed by atoms with Crippen LogP contribution >= 0.6 is 22.6 Å². The van der Waals surface area contributed by atoms with E-state index in [0.29, 0.717) is 0 Å². The summed E-state index contributed by atoms with van der Waals surface area (Å²) in [5.41, 5.74) is 0.840. The van der Waals surface area contributed by atoms with E-state index in [4.69, 9.17) is 0 Å². The summed E-state index contributed by atoms with van der Waals surface area (Å²) in [6, 6.07) is 7.71. The number of hydrogen-bond acceptors (Lipinski definition) is 1. The van der Waals surface area contributed by atoms with Crippen molar-refractivity contribution in [3.8, 4) is 0 Å². The molecular formula is C11H15IN2O. The molecule has 0 aromatic heterocycles. The first-order chi connectivity index (χ1) is 7.17. The van der Waals surface area contributed by atoms with E-state index in [1.165, 1.54) is 0 Å². The van der Waals surface area contributed by atoms with Crippen LogP contribution in [0, 0.1) is 3.57 Å². The minimum atomic E-state index is -0.0405. The molecule has 0 aliphatic heterocycles. The van der Waals surface area contributed by atoms with Crippen molar-refractivity contribution in [3.05, 3.63) is 27.8 Å². The van der Waals surface area contributed by atoms with Crippen LogP contribution < -0.4 is 5.32 Å². The van der Waals surface area contributed by atoms with Gasteiger partial charge in [0.15, 0.2) is 0 Å². The maximum atomic E-state index is 11.7. The van der Waals surface area contributed by atoms with Crippen LogP contribution in [0.1, 0.15) is 13.8 Å². The number of nitrogens with zero attached hydrogens (tertiary/aromatic N) is 1. The second kappa shape index (κ2) is 5.95. The molecule has 0 fully saturated rings. The Hall–Kier alpha value is -0.780. The molecule has 0 heterocycles. The van der Waals surface area contributed by atoms with Crippen molar-refractivity contribution >= 4 is 34.3 Å². The largest absolute Gasteiger partial charge is 0.325 e. The van der Waals surface area contributed by atoms with Crippen LogP contribution in [0.3, 0.4) is 0 Å². The second-order valence-electron chi connectivity index (χ2n) is 3.11. The highest BCUT2D eigenvalue weighted by atomic mass is 127. The van der Waals surface area contributed by atoms with Crippen molar-refractivity contribution in [2.45, 2.75) is 13.8 Å². The van der Waals surface area contributed by atoms with Gasteiger partial charge in [-0.3, -0.25) is 0 Å². The maximum Gasteiger partial charge on any atom is 0.321 e. The van der Waals surface area contributed by atoms with Crippen molar-refractivity contribution in [1.82, 2.24) is 4.90 Å². The molecule has 1 N–H and O–H groups in total. The van der Waals surface area contributed by atoms with Crippen molar-refractivity contribution < 1.29 is 4.79 Å². The van der Waals surface area contributed by atoms with Gasteiger partial charge < -0.3 is 10.2 Å². The zero-order valence-corrected chi connectivity index (χ0v) is 11.1. The second-order valence-corrected chi connectivity index (χ2v) is 4.35. The van der Waals surface area contributed by atoms with Crippen molar-refractivity contribution in [2.75, 3.05) is 18.4 Å². The maximum absolute atomic E-state index is 11.7. The van der Waals surface area contributed by atoms with E-state index >= 15 is 0 Å². The van der Waals surface area contributed by atoms with E-state index in [-0.39, 0.29) is 6.03 Å². The van der Waals surface area contributed by atoms with Crippen LogP contribution in [-0.4, -0.2) is 24.0 Å². The van der Waals surface area contributed by atoms with Crippen LogP contribution in [0.15, 0.2) is 24.3 Å². The monoisotopic (exact) mass is 318 g/mol. The van der Waals surface area contributed by atoms with Gasteiger partial charge in [0.1, 0.15) is 0 Å². The number of benzene rings is 1. The van der Waals surface area contributed by atoms with Gasteiger partial charge >= 0.3 is 6.03 Å². The van der Waals surface area contributed by atoms with Crippen LogP contribution in [0.5, 0.6) is 0 Å². The Morgan fingerprint density at radius 2 is 1.80 bits per heavy atom. The molecule has 1 aromatic carbocycles. The molecule has 0 spiro atoms. The molecule has 0 atom stereocenters. The summed E-state index contributed by atoms with van der Waals surface area (Å²) in [6.45, 7) is 5.40. The summed E-state index contributed by atoms with van der Waals surface area (Å²) in [4.78, 5) is 13.4. The van der Waals surface area contributed by atoms with Gasteiger partial charge in [-0.2, -0.15) is 0 Å². The highest BCUT2D eigenvalue weighted by molar-refractivity contribution is 14.1. The van der Waals surface area contributed by atoms with Gasteiger partial charge in [-0.15, -0.1) is 0 Å². The topological polar surface area (TPSA) is 32.3 Å². The minimum Gasteiger partial charge on any atom is -0.325 e. The lowest BCUT2D eigenvalue weighted by Gasteiger charge is -2.19. The number of hydrogen-bond donors (Lipinski definition) is 1. The average molecular weight is 318 g/mol. The Morgan fingerprint density at radius 3 is 2.27 bits per heavy atom. The third-order valence-corrected chi connectivity index (χ3v) is 2.87. The summed E-state index contributed by atoms with van der Waals surface area (Å²) in [5.74, 6) is 0. The normalized spacial score (nSPS) is 9.80. The molecule has 2 amide bonds. The molecule has 0 radical (unpaired) electrons. The first-order valence-electron chi connectivity index (χ1n) is 4.98. The molecule has 0 saturated carbocycles. The number of halogens is 1. The summed E-state index contributed by atoms with van der Waals surface area (Å²) in [7, 11) is 0. The van der Waals surface area contributed by atoms with E-state index < -0.39 is 0 Å². The molecule has 0 aliphatic carbocycles. The Kier molecular flexibility index (Phi) is 4.87. The quantitative estimate of drug-likeness (QED) is 0.853. The molecule has 82 valence electrons. The first-order valence-corrected chi connectivity index (χ1v) is 6.06. The number of rotatable bonds is 3. The molecule has 0 unspecified atom stereocenters. The number of amides is 2.